The minimum Gasteiger partial charge on any atom is -0.494 e. The quantitative estimate of drug-likeness (QED) is 0.769. The Labute approximate surface area is 114 Å². The zero-order chi connectivity index (χ0) is 14.0. The number of halogens is 1. The minimum atomic E-state index is -0.467. The van der Waals surface area contributed by atoms with E-state index < -0.39 is 5.82 Å². The van der Waals surface area contributed by atoms with Gasteiger partial charge in [-0.25, -0.2) is 4.39 Å². The molecule has 104 valence electrons. The van der Waals surface area contributed by atoms with Crippen LogP contribution in [0, 0.1) is 23.6 Å². The second-order valence-electron chi connectivity index (χ2n) is 5.83. The summed E-state index contributed by atoms with van der Waals surface area (Å²) in [4.78, 5) is 12.4. The molecule has 0 aromatic heterocycles. The summed E-state index contributed by atoms with van der Waals surface area (Å²) in [5.74, 6) is 0.959. The summed E-state index contributed by atoms with van der Waals surface area (Å²) in [5.41, 5.74) is 0.463. The summed E-state index contributed by atoms with van der Waals surface area (Å²) < 4.78 is 18.5. The summed E-state index contributed by atoms with van der Waals surface area (Å²) in [6.07, 6.45) is 3.01. The van der Waals surface area contributed by atoms with Crippen LogP contribution < -0.4 is 4.74 Å². The molecule has 0 aliphatic heterocycles. The first-order valence-electron chi connectivity index (χ1n) is 6.89. The Balaban J connectivity index is 2.17. The van der Waals surface area contributed by atoms with E-state index in [4.69, 9.17) is 4.74 Å². The van der Waals surface area contributed by atoms with Crippen molar-refractivity contribution >= 4 is 5.78 Å². The number of ketones is 1. The number of benzene rings is 1. The maximum atomic E-state index is 13.7. The average molecular weight is 264 g/mol. The third kappa shape index (κ3) is 3.14. The van der Waals surface area contributed by atoms with Gasteiger partial charge in [0.05, 0.1) is 7.11 Å². The lowest BCUT2D eigenvalue weighted by Crippen LogP contribution is -2.26. The number of hydrogen-bond donors (Lipinski definition) is 0. The molecule has 0 radical (unpaired) electrons. The molecule has 1 saturated carbocycles. The SMILES string of the molecule is COc1ccc(C(=O)C2CC(C)CC(C)C2)cc1F. The van der Waals surface area contributed by atoms with Crippen LogP contribution in [-0.4, -0.2) is 12.9 Å². The van der Waals surface area contributed by atoms with E-state index in [9.17, 15) is 9.18 Å². The van der Waals surface area contributed by atoms with E-state index in [0.29, 0.717) is 17.4 Å². The molecule has 2 nitrogen and oxygen atoms in total. The van der Waals surface area contributed by atoms with Gasteiger partial charge in [-0.3, -0.25) is 4.79 Å². The predicted octanol–water partition coefficient (Wildman–Crippen LogP) is 4.09. The Kier molecular flexibility index (Phi) is 4.23. The number of Topliss-reactive ketones (excluding diaryl/α,β-unsaturated/α-hetero) is 1. The number of rotatable bonds is 3. The molecule has 19 heavy (non-hydrogen) atoms. The Hall–Kier alpha value is -1.38. The highest BCUT2D eigenvalue weighted by Gasteiger charge is 2.29. The second-order valence-corrected chi connectivity index (χ2v) is 5.83. The molecular weight excluding hydrogens is 243 g/mol. The fraction of sp³-hybridized carbons (Fsp3) is 0.562. The van der Waals surface area contributed by atoms with Crippen LogP contribution in [0.15, 0.2) is 18.2 Å². The van der Waals surface area contributed by atoms with Crippen molar-refractivity contribution in [3.8, 4) is 5.75 Å². The normalized spacial score (nSPS) is 27.1. The lowest BCUT2D eigenvalue weighted by molar-refractivity contribution is 0.0835. The fourth-order valence-corrected chi connectivity index (χ4v) is 3.22. The Morgan fingerprint density at radius 1 is 1.21 bits per heavy atom. The van der Waals surface area contributed by atoms with Crippen molar-refractivity contribution in [2.75, 3.05) is 7.11 Å². The van der Waals surface area contributed by atoms with E-state index in [-0.39, 0.29) is 17.5 Å². The molecule has 1 fully saturated rings. The molecule has 1 aromatic carbocycles. The van der Waals surface area contributed by atoms with Crippen LogP contribution in [0.5, 0.6) is 5.75 Å². The first-order chi connectivity index (χ1) is 9.01. The van der Waals surface area contributed by atoms with Crippen LogP contribution in [0.1, 0.15) is 43.5 Å². The Bertz CT molecular complexity index is 460. The van der Waals surface area contributed by atoms with Gasteiger partial charge >= 0.3 is 0 Å². The van der Waals surface area contributed by atoms with Crippen LogP contribution in [0.3, 0.4) is 0 Å². The molecule has 3 heteroatoms. The molecule has 0 amide bonds. The van der Waals surface area contributed by atoms with Gasteiger partial charge < -0.3 is 4.74 Å². The first-order valence-corrected chi connectivity index (χ1v) is 6.89. The average Bonchev–Trinajstić information content (AvgIpc) is 2.36. The van der Waals surface area contributed by atoms with Gasteiger partial charge in [0.15, 0.2) is 17.3 Å². The number of methoxy groups -OCH3 is 1. The predicted molar refractivity (Wildman–Crippen MR) is 73.0 cm³/mol. The summed E-state index contributed by atoms with van der Waals surface area (Å²) in [7, 11) is 1.42. The van der Waals surface area contributed by atoms with Crippen molar-refractivity contribution in [3.63, 3.8) is 0 Å². The van der Waals surface area contributed by atoms with E-state index in [2.05, 4.69) is 13.8 Å². The summed E-state index contributed by atoms with van der Waals surface area (Å²) in [5, 5.41) is 0. The van der Waals surface area contributed by atoms with E-state index >= 15 is 0 Å². The third-order valence-corrected chi connectivity index (χ3v) is 3.99. The van der Waals surface area contributed by atoms with Crippen molar-refractivity contribution in [1.82, 2.24) is 0 Å². The van der Waals surface area contributed by atoms with Crippen molar-refractivity contribution < 1.29 is 13.9 Å². The molecule has 1 aliphatic rings. The van der Waals surface area contributed by atoms with Crippen molar-refractivity contribution in [2.24, 2.45) is 17.8 Å². The lowest BCUT2D eigenvalue weighted by atomic mass is 9.74. The molecule has 0 heterocycles. The Morgan fingerprint density at radius 2 is 1.84 bits per heavy atom. The van der Waals surface area contributed by atoms with Crippen LogP contribution >= 0.6 is 0 Å². The summed E-state index contributed by atoms with van der Waals surface area (Å²) >= 11 is 0. The second kappa shape index (κ2) is 5.72. The van der Waals surface area contributed by atoms with Gasteiger partial charge in [-0.15, -0.1) is 0 Å². The lowest BCUT2D eigenvalue weighted by Gasteiger charge is -2.30. The standard InChI is InChI=1S/C16H21FO2/c1-10-6-11(2)8-13(7-10)16(18)12-4-5-15(19-3)14(17)9-12/h4-5,9-11,13H,6-8H2,1-3H3. The zero-order valence-electron chi connectivity index (χ0n) is 11.8. The van der Waals surface area contributed by atoms with Gasteiger partial charge in [-0.05, 0) is 49.3 Å². The summed E-state index contributed by atoms with van der Waals surface area (Å²) in [6.45, 7) is 4.37. The van der Waals surface area contributed by atoms with Crippen molar-refractivity contribution in [3.05, 3.63) is 29.6 Å². The van der Waals surface area contributed by atoms with Gasteiger partial charge in [0.25, 0.3) is 0 Å². The molecule has 1 aromatic rings. The third-order valence-electron chi connectivity index (χ3n) is 3.99. The van der Waals surface area contributed by atoms with E-state index in [1.54, 1.807) is 6.07 Å². The molecule has 2 atom stereocenters. The molecule has 0 bridgehead atoms. The number of hydrogen-bond acceptors (Lipinski definition) is 2. The van der Waals surface area contributed by atoms with Gasteiger partial charge in [-0.2, -0.15) is 0 Å². The minimum absolute atomic E-state index is 0.0338. The smallest absolute Gasteiger partial charge is 0.166 e. The van der Waals surface area contributed by atoms with Crippen LogP contribution in [0.25, 0.3) is 0 Å². The van der Waals surface area contributed by atoms with E-state index in [1.807, 2.05) is 0 Å². The highest BCUT2D eigenvalue weighted by molar-refractivity contribution is 5.98. The molecule has 1 aliphatic carbocycles. The van der Waals surface area contributed by atoms with E-state index in [0.717, 1.165) is 12.8 Å². The number of carbonyl (C=O) groups excluding carboxylic acids is 1. The molecule has 0 saturated heterocycles. The highest BCUT2D eigenvalue weighted by Crippen LogP contribution is 2.35. The van der Waals surface area contributed by atoms with Gasteiger partial charge in [0.1, 0.15) is 0 Å². The fourth-order valence-electron chi connectivity index (χ4n) is 3.22. The van der Waals surface area contributed by atoms with Crippen molar-refractivity contribution in [2.45, 2.75) is 33.1 Å². The van der Waals surface area contributed by atoms with Gasteiger partial charge in [-0.1, -0.05) is 13.8 Å². The molecular formula is C16H21FO2. The molecule has 2 rings (SSSR count). The maximum Gasteiger partial charge on any atom is 0.166 e. The van der Waals surface area contributed by atoms with Crippen LogP contribution in [0.4, 0.5) is 4.39 Å². The molecule has 0 spiro atoms. The largest absolute Gasteiger partial charge is 0.494 e. The maximum absolute atomic E-state index is 13.7. The number of carbonyl (C=O) groups is 1. The number of ether oxygens (including phenoxy) is 1. The molecule has 2 unspecified atom stereocenters. The van der Waals surface area contributed by atoms with Crippen LogP contribution in [0.2, 0.25) is 0 Å². The van der Waals surface area contributed by atoms with E-state index in [1.165, 1.54) is 25.7 Å². The monoisotopic (exact) mass is 264 g/mol. The van der Waals surface area contributed by atoms with Gasteiger partial charge in [0.2, 0.25) is 0 Å². The summed E-state index contributed by atoms with van der Waals surface area (Å²) in [6, 6.07) is 4.48. The Morgan fingerprint density at radius 3 is 2.37 bits per heavy atom. The molecule has 0 N–H and O–H groups in total. The van der Waals surface area contributed by atoms with Gasteiger partial charge in [0, 0.05) is 11.5 Å². The topological polar surface area (TPSA) is 26.3 Å². The van der Waals surface area contributed by atoms with Crippen molar-refractivity contribution in [1.29, 1.82) is 0 Å². The van der Waals surface area contributed by atoms with Crippen LogP contribution in [-0.2, 0) is 0 Å². The first kappa shape index (κ1) is 14.0. The zero-order valence-corrected chi connectivity index (χ0v) is 11.8. The highest BCUT2D eigenvalue weighted by atomic mass is 19.1.